The van der Waals surface area contributed by atoms with Gasteiger partial charge in [-0.3, -0.25) is 23.5 Å². The van der Waals surface area contributed by atoms with Crippen molar-refractivity contribution in [3.63, 3.8) is 0 Å². The van der Waals surface area contributed by atoms with Crippen molar-refractivity contribution >= 4 is 37.7 Å². The normalized spacial score (nSPS) is 4.00. The fourth-order valence-electron chi connectivity index (χ4n) is 0.385. The van der Waals surface area contributed by atoms with Gasteiger partial charge in [-0.1, -0.05) is 36.4 Å². The number of halogens is 5. The van der Waals surface area contributed by atoms with Gasteiger partial charge in [0.1, 0.15) is 0 Å². The molecule has 1 aromatic carbocycles. The topological polar surface area (TPSA) is 0 Å². The van der Waals surface area contributed by atoms with Crippen LogP contribution in [0, 0.1) is 0 Å². The van der Waals surface area contributed by atoms with Crippen molar-refractivity contribution in [1.29, 1.82) is 0 Å². The molecule has 0 bridgehead atoms. The number of benzene rings is 1. The molecule has 6 heteroatoms. The molecular formula is C6H13CaF5. The van der Waals surface area contributed by atoms with Crippen LogP contribution in [-0.2, 0) is 0 Å². The van der Waals surface area contributed by atoms with E-state index in [1.165, 1.54) is 0 Å². The minimum Gasteiger partial charge on any atom is -1.00 e. The monoisotopic (exact) mass is 220 g/mol. The molecule has 0 heterocycles. The van der Waals surface area contributed by atoms with E-state index in [0.29, 0.717) is 0 Å². The summed E-state index contributed by atoms with van der Waals surface area (Å²) in [5.74, 6) is 0. The Balaban J connectivity index is -0.00000000750. The fourth-order valence-corrected chi connectivity index (χ4v) is 0.385. The molecule has 0 aliphatic carbocycles. The van der Waals surface area contributed by atoms with E-state index in [4.69, 9.17) is 0 Å². The molecule has 0 radical (unpaired) electrons. The predicted molar refractivity (Wildman–Crippen MR) is 46.9 cm³/mol. The van der Waals surface area contributed by atoms with Crippen LogP contribution in [0.1, 0.15) is 2.85 Å². The fraction of sp³-hybridized carbons (Fsp3) is 0. The van der Waals surface area contributed by atoms with E-state index in [9.17, 15) is 0 Å². The molecule has 0 nitrogen and oxygen atoms in total. The maximum Gasteiger partial charge on any atom is 2.00 e. The van der Waals surface area contributed by atoms with Crippen LogP contribution in [0.15, 0.2) is 36.4 Å². The molecule has 0 saturated carbocycles. The molecule has 0 aliphatic rings. The first-order valence-electron chi connectivity index (χ1n) is 2.00. The molecular weight excluding hydrogens is 207 g/mol. The van der Waals surface area contributed by atoms with Gasteiger partial charge in [-0.15, -0.1) is 0 Å². The molecule has 0 fully saturated rings. The molecule has 0 aliphatic heterocycles. The Morgan fingerprint density at radius 1 is 0.417 bits per heavy atom. The zero-order valence-corrected chi connectivity index (χ0v) is 8.42. The summed E-state index contributed by atoms with van der Waals surface area (Å²) in [4.78, 5) is 0. The molecule has 0 aromatic heterocycles. The van der Waals surface area contributed by atoms with E-state index < -0.39 is 0 Å². The van der Waals surface area contributed by atoms with Crippen LogP contribution in [0.5, 0.6) is 0 Å². The average molecular weight is 220 g/mol. The molecule has 0 unspecified atom stereocenters. The molecule has 1 aromatic rings. The quantitative estimate of drug-likeness (QED) is 0.465. The van der Waals surface area contributed by atoms with Gasteiger partial charge in [0.15, 0.2) is 0 Å². The Morgan fingerprint density at radius 2 is 0.500 bits per heavy atom. The van der Waals surface area contributed by atoms with Gasteiger partial charge in [0.25, 0.3) is 0 Å². The summed E-state index contributed by atoms with van der Waals surface area (Å²) in [6, 6.07) is 12.0. The third-order valence-corrected chi connectivity index (χ3v) is 0.667. The summed E-state index contributed by atoms with van der Waals surface area (Å²) in [6.07, 6.45) is 0. The maximum atomic E-state index is 2.00. The van der Waals surface area contributed by atoms with E-state index >= 15 is 0 Å². The summed E-state index contributed by atoms with van der Waals surface area (Å²) in [5.41, 5.74) is 0. The molecule has 0 spiro atoms. The maximum absolute atomic E-state index is 2.00. The molecule has 0 amide bonds. The van der Waals surface area contributed by atoms with Gasteiger partial charge in [0.05, 0.1) is 0 Å². The van der Waals surface area contributed by atoms with Gasteiger partial charge in [0, 0.05) is 0 Å². The van der Waals surface area contributed by atoms with Crippen LogP contribution >= 0.6 is 0 Å². The number of rotatable bonds is 0. The molecule has 0 atom stereocenters. The van der Waals surface area contributed by atoms with Crippen molar-refractivity contribution in [2.75, 3.05) is 0 Å². The summed E-state index contributed by atoms with van der Waals surface area (Å²) >= 11 is 0. The standard InChI is InChI=1S/C6H6.Ca.5FH.2H/c1-2-4-6-5-3-1;;;;;;;;/h1-6H;;5*1H;;/q;+2;;;;;;2*-1. The van der Waals surface area contributed by atoms with Crippen molar-refractivity contribution in [3.8, 4) is 0 Å². The van der Waals surface area contributed by atoms with Gasteiger partial charge in [0.2, 0.25) is 0 Å². The van der Waals surface area contributed by atoms with E-state index in [1.807, 2.05) is 36.4 Å². The van der Waals surface area contributed by atoms with Crippen LogP contribution in [0.4, 0.5) is 23.5 Å². The van der Waals surface area contributed by atoms with Gasteiger partial charge in [-0.05, 0) is 0 Å². The first-order valence-corrected chi connectivity index (χ1v) is 2.00. The first-order chi connectivity index (χ1) is 3.00. The minimum atomic E-state index is 0. The van der Waals surface area contributed by atoms with Crippen LogP contribution < -0.4 is 0 Å². The Morgan fingerprint density at radius 3 is 0.583 bits per heavy atom. The molecule has 12 heavy (non-hydrogen) atoms. The van der Waals surface area contributed by atoms with Crippen molar-refractivity contribution < 1.29 is 26.4 Å². The van der Waals surface area contributed by atoms with E-state index in [2.05, 4.69) is 0 Å². The third-order valence-electron chi connectivity index (χ3n) is 0.667. The van der Waals surface area contributed by atoms with E-state index in [0.717, 1.165) is 0 Å². The predicted octanol–water partition coefficient (Wildman–Crippen LogP) is 2.29. The Hall–Kier alpha value is 0.130. The SMILES string of the molecule is F.F.F.F.F.[Ca+2].[H-].[H-].c1ccccc1. The largest absolute Gasteiger partial charge is 2.00 e. The second-order valence-electron chi connectivity index (χ2n) is 1.15. The minimum absolute atomic E-state index is 0. The van der Waals surface area contributed by atoms with Gasteiger partial charge >= 0.3 is 37.7 Å². The van der Waals surface area contributed by atoms with E-state index in [-0.39, 0.29) is 64.1 Å². The number of hydrogen-bond donors (Lipinski definition) is 0. The van der Waals surface area contributed by atoms with Crippen LogP contribution in [0.25, 0.3) is 0 Å². The number of hydrogen-bond acceptors (Lipinski definition) is 0. The molecule has 0 N–H and O–H groups in total. The second-order valence-corrected chi connectivity index (χ2v) is 1.15. The van der Waals surface area contributed by atoms with Crippen LogP contribution in [0.2, 0.25) is 0 Å². The van der Waals surface area contributed by atoms with Crippen LogP contribution in [-0.4, -0.2) is 37.7 Å². The van der Waals surface area contributed by atoms with Crippen molar-refractivity contribution in [3.05, 3.63) is 36.4 Å². The average Bonchev–Trinajstić information content (AvgIpc) is 1.72. The Bertz CT molecular complexity index is 96.1. The zero-order valence-electron chi connectivity index (χ0n) is 8.21. The van der Waals surface area contributed by atoms with Gasteiger partial charge in [-0.2, -0.15) is 0 Å². The third kappa shape index (κ3) is 22.5. The second kappa shape index (κ2) is 30.4. The van der Waals surface area contributed by atoms with Gasteiger partial charge < -0.3 is 2.85 Å². The molecule has 0 saturated heterocycles. The first kappa shape index (κ1) is 40.0. The van der Waals surface area contributed by atoms with Crippen LogP contribution in [0.3, 0.4) is 0 Å². The smallest absolute Gasteiger partial charge is 1.00 e. The molecule has 74 valence electrons. The Labute approximate surface area is 100 Å². The zero-order chi connectivity index (χ0) is 4.24. The summed E-state index contributed by atoms with van der Waals surface area (Å²) in [7, 11) is 0. The summed E-state index contributed by atoms with van der Waals surface area (Å²) in [5, 5.41) is 0. The summed E-state index contributed by atoms with van der Waals surface area (Å²) < 4.78 is 0. The van der Waals surface area contributed by atoms with Crippen molar-refractivity contribution in [1.82, 2.24) is 0 Å². The molecule has 1 rings (SSSR count). The van der Waals surface area contributed by atoms with Crippen molar-refractivity contribution in [2.45, 2.75) is 0 Å². The summed E-state index contributed by atoms with van der Waals surface area (Å²) in [6.45, 7) is 0. The Kier molecular flexibility index (Phi) is 101. The van der Waals surface area contributed by atoms with Crippen molar-refractivity contribution in [2.24, 2.45) is 0 Å². The van der Waals surface area contributed by atoms with Gasteiger partial charge in [-0.25, -0.2) is 0 Å². The van der Waals surface area contributed by atoms with E-state index in [1.54, 1.807) is 0 Å².